The Balaban J connectivity index is 0.000000181. The van der Waals surface area contributed by atoms with E-state index < -0.39 is 19.7 Å². The SMILES string of the molecule is Cc1ccccc1[As](Br)(c1ccccc1C)(c1ccccc1C)c1ccccc1C.Cc1ccccc1[As](I)(c1ccccc1C)(c1ccccc1C)c1ccccc1C. The van der Waals surface area contributed by atoms with Crippen molar-refractivity contribution in [2.45, 2.75) is 55.4 Å². The van der Waals surface area contributed by atoms with Gasteiger partial charge in [0.1, 0.15) is 0 Å². The molecule has 0 nitrogen and oxygen atoms in total. The van der Waals surface area contributed by atoms with Crippen molar-refractivity contribution in [3.8, 4) is 0 Å². The molecule has 8 rings (SSSR count). The molecule has 0 spiro atoms. The van der Waals surface area contributed by atoms with E-state index in [1.165, 1.54) is 79.3 Å². The Morgan fingerprint density at radius 1 is 0.250 bits per heavy atom. The molecule has 0 aliphatic heterocycles. The molecule has 8 aromatic rings. The molecular weight excluding hydrogens is 1030 g/mol. The van der Waals surface area contributed by atoms with Gasteiger partial charge in [-0.2, -0.15) is 0 Å². The van der Waals surface area contributed by atoms with E-state index in [0.717, 1.165) is 0 Å². The van der Waals surface area contributed by atoms with E-state index in [4.69, 9.17) is 13.9 Å². The van der Waals surface area contributed by atoms with E-state index in [0.29, 0.717) is 0 Å². The molecule has 60 heavy (non-hydrogen) atoms. The molecule has 0 aliphatic rings. The minimum atomic E-state index is -3.98. The maximum absolute atomic E-state index is 4.71. The first-order valence-corrected chi connectivity index (χ1v) is 38.4. The van der Waals surface area contributed by atoms with Crippen LogP contribution in [0.15, 0.2) is 194 Å². The fourth-order valence-corrected chi connectivity index (χ4v) is 54.4. The summed E-state index contributed by atoms with van der Waals surface area (Å²) in [6.45, 7) is 18.1. The van der Waals surface area contributed by atoms with Crippen molar-refractivity contribution in [3.05, 3.63) is 239 Å². The Morgan fingerprint density at radius 3 is 0.533 bits per heavy atom. The van der Waals surface area contributed by atoms with Crippen molar-refractivity contribution >= 4 is 88.6 Å². The summed E-state index contributed by atoms with van der Waals surface area (Å²) in [6.07, 6.45) is 0. The van der Waals surface area contributed by atoms with E-state index in [2.05, 4.69) is 270 Å². The Bertz CT molecular complexity index is 2260. The molecule has 0 aliphatic carbocycles. The Labute approximate surface area is 378 Å². The maximum atomic E-state index is 4.71. The van der Waals surface area contributed by atoms with Crippen LogP contribution in [0, 0.1) is 55.4 Å². The van der Waals surface area contributed by atoms with Crippen LogP contribution in [-0.4, -0.2) is 19.7 Å². The quantitative estimate of drug-likeness (QED) is 0.105. The van der Waals surface area contributed by atoms with E-state index in [-0.39, 0.29) is 0 Å². The number of aryl methyl sites for hydroxylation is 8. The molecule has 8 aromatic carbocycles. The second kappa shape index (κ2) is 17.5. The summed E-state index contributed by atoms with van der Waals surface area (Å²) in [5.74, 6) is 0. The second-order valence-corrected chi connectivity index (χ2v) is 50.3. The number of halogens is 2. The van der Waals surface area contributed by atoms with Crippen LogP contribution in [0.2, 0.25) is 0 Å². The van der Waals surface area contributed by atoms with Crippen LogP contribution in [-0.2, 0) is 0 Å². The first-order valence-electron chi connectivity index (χ1n) is 20.7. The van der Waals surface area contributed by atoms with Gasteiger partial charge in [-0.05, 0) is 0 Å². The number of benzene rings is 8. The van der Waals surface area contributed by atoms with Gasteiger partial charge >= 0.3 is 383 Å². The predicted octanol–water partition coefficient (Wildman–Crippen LogP) is 10.3. The van der Waals surface area contributed by atoms with Crippen molar-refractivity contribution in [2.75, 3.05) is 0 Å². The van der Waals surface area contributed by atoms with Crippen molar-refractivity contribution in [2.24, 2.45) is 0 Å². The first-order chi connectivity index (χ1) is 28.8. The fraction of sp³-hybridized carbons (Fsp3) is 0.143. The molecule has 0 bridgehead atoms. The number of hydrogen-bond donors (Lipinski definition) is 0. The van der Waals surface area contributed by atoms with Gasteiger partial charge in [-0.15, -0.1) is 0 Å². The molecule has 0 saturated carbocycles. The Morgan fingerprint density at radius 2 is 0.383 bits per heavy atom. The van der Waals surface area contributed by atoms with Gasteiger partial charge in [0.15, 0.2) is 0 Å². The van der Waals surface area contributed by atoms with Crippen LogP contribution in [0.5, 0.6) is 0 Å². The molecule has 4 heteroatoms. The van der Waals surface area contributed by atoms with Crippen LogP contribution >= 0.6 is 34.1 Å². The second-order valence-electron chi connectivity index (χ2n) is 16.3. The standard InChI is InChI=1S/C28H28AsBr.C28H28AsI/c2*1-21-13-5-9-17-25(21)29(30,26-18-10-6-14-22(26)2,27-19-11-7-15-23(27)3)28-20-12-8-16-24(28)4/h2*5-20H,1-4H3. The summed E-state index contributed by atoms with van der Waals surface area (Å²) < 4.78 is 11.7. The van der Waals surface area contributed by atoms with E-state index in [1.807, 2.05) is 0 Å². The van der Waals surface area contributed by atoms with Crippen molar-refractivity contribution in [3.63, 3.8) is 0 Å². The molecule has 0 fully saturated rings. The Hall–Kier alpha value is -3.91. The summed E-state index contributed by atoms with van der Waals surface area (Å²) >= 11 is 7.66. The average Bonchev–Trinajstić information content (AvgIpc) is 3.25. The number of rotatable bonds is 8. The summed E-state index contributed by atoms with van der Waals surface area (Å²) in [5, 5.41) is 0. The fourth-order valence-electron chi connectivity index (χ4n) is 9.83. The van der Waals surface area contributed by atoms with Gasteiger partial charge in [-0.1, -0.05) is 0 Å². The van der Waals surface area contributed by atoms with Crippen molar-refractivity contribution < 1.29 is 0 Å². The van der Waals surface area contributed by atoms with Crippen LogP contribution in [0.25, 0.3) is 0 Å². The summed E-state index contributed by atoms with van der Waals surface area (Å²) in [6, 6.07) is 72.0. The van der Waals surface area contributed by atoms with Gasteiger partial charge in [0.25, 0.3) is 0 Å². The van der Waals surface area contributed by atoms with E-state index in [1.54, 1.807) is 0 Å². The number of hydrogen-bond acceptors (Lipinski definition) is 0. The monoisotopic (exact) mass is 1080 g/mol. The Kier molecular flexibility index (Phi) is 12.8. The van der Waals surface area contributed by atoms with Crippen LogP contribution < -0.4 is 34.8 Å². The van der Waals surface area contributed by atoms with Gasteiger partial charge < -0.3 is 0 Å². The summed E-state index contributed by atoms with van der Waals surface area (Å²) in [5.41, 5.74) is 10.8. The average molecular weight is 1090 g/mol. The minimum absolute atomic E-state index is 1.33. The molecule has 0 N–H and O–H groups in total. The molecule has 0 saturated heterocycles. The molecule has 0 heterocycles. The van der Waals surface area contributed by atoms with E-state index in [9.17, 15) is 0 Å². The van der Waals surface area contributed by atoms with Gasteiger partial charge in [-0.25, -0.2) is 0 Å². The topological polar surface area (TPSA) is 0 Å². The molecule has 0 unspecified atom stereocenters. The summed E-state index contributed by atoms with van der Waals surface area (Å²) in [7, 11) is -7.81. The van der Waals surface area contributed by atoms with Crippen molar-refractivity contribution in [1.82, 2.24) is 0 Å². The van der Waals surface area contributed by atoms with Gasteiger partial charge in [0.05, 0.1) is 0 Å². The molecule has 304 valence electrons. The zero-order valence-corrected chi connectivity index (χ0v) is 43.6. The zero-order chi connectivity index (χ0) is 42.8. The van der Waals surface area contributed by atoms with Crippen LogP contribution in [0.1, 0.15) is 44.5 Å². The predicted molar refractivity (Wildman–Crippen MR) is 281 cm³/mol. The van der Waals surface area contributed by atoms with Gasteiger partial charge in [0, 0.05) is 0 Å². The molecule has 0 atom stereocenters. The first kappa shape index (κ1) is 44.2. The summed E-state index contributed by atoms with van der Waals surface area (Å²) in [4.78, 5) is 0. The van der Waals surface area contributed by atoms with Gasteiger partial charge in [-0.3, -0.25) is 0 Å². The normalized spacial score (nSPS) is 12.9. The zero-order valence-electron chi connectivity index (χ0n) is 36.1. The van der Waals surface area contributed by atoms with Crippen LogP contribution in [0.3, 0.4) is 0 Å². The molecule has 0 aromatic heterocycles. The van der Waals surface area contributed by atoms with E-state index >= 15 is 0 Å². The third kappa shape index (κ3) is 6.95. The third-order valence-electron chi connectivity index (χ3n) is 12.5. The molecule has 0 radical (unpaired) electrons. The molecule has 0 amide bonds. The van der Waals surface area contributed by atoms with Crippen molar-refractivity contribution in [1.29, 1.82) is 0 Å². The molecular formula is C56H56As2BrI. The van der Waals surface area contributed by atoms with Crippen LogP contribution in [0.4, 0.5) is 0 Å². The third-order valence-corrected chi connectivity index (χ3v) is 54.9. The van der Waals surface area contributed by atoms with Gasteiger partial charge in [0.2, 0.25) is 0 Å².